The molecule has 0 bridgehead atoms. The zero-order valence-electron chi connectivity index (χ0n) is 31.7. The van der Waals surface area contributed by atoms with Gasteiger partial charge in [-0.05, 0) is 160 Å². The molecule has 0 amide bonds. The van der Waals surface area contributed by atoms with E-state index in [1.54, 1.807) is 0 Å². The Morgan fingerprint density at radius 3 is 2.08 bits per heavy atom. The van der Waals surface area contributed by atoms with Gasteiger partial charge in [0.2, 0.25) is 0 Å². The summed E-state index contributed by atoms with van der Waals surface area (Å²) in [6.07, 6.45) is 14.5. The number of hydrogen-bond acceptors (Lipinski definition) is 8. The Balaban J connectivity index is 1.55. The minimum atomic E-state index is 0.0236. The highest BCUT2D eigenvalue weighted by molar-refractivity contribution is 5.15. The van der Waals surface area contributed by atoms with E-state index in [1.807, 2.05) is 0 Å². The number of unbranched alkanes of at least 4 members (excludes halogenated alkanes) is 1. The minimum absolute atomic E-state index is 0.0236. The number of hydrogen-bond donors (Lipinski definition) is 2. The molecule has 11 atom stereocenters. The molecule has 0 aromatic heterocycles. The Morgan fingerprint density at radius 1 is 0.765 bits per heavy atom. The molecule has 0 aliphatic heterocycles. The first-order valence-corrected chi connectivity index (χ1v) is 20.0. The van der Waals surface area contributed by atoms with Gasteiger partial charge < -0.3 is 24.6 Å². The molecular formula is C37H66N10O4. The molecule has 2 N–H and O–H groups in total. The summed E-state index contributed by atoms with van der Waals surface area (Å²) in [5.41, 5.74) is 26.5. The largest absolute Gasteiger partial charge is 0.396 e. The first-order chi connectivity index (χ1) is 24.8. The number of aliphatic hydroxyl groups is 1. The van der Waals surface area contributed by atoms with Crippen molar-refractivity contribution >= 4 is 0 Å². The summed E-state index contributed by atoms with van der Waals surface area (Å²) in [6.45, 7) is 13.0. The summed E-state index contributed by atoms with van der Waals surface area (Å²) < 4.78 is 20.3. The SMILES string of the molecule is C[C@H](CCCNCCCCO)C1CCC2C3C(C[C@H](OCCCN=[N+]=[N-])[C@@]21C)[C@@]1(C)CC[C@@H](OCCCN=[N+]=[N-])CC1C[C@H]3OCCCN=[N+]=[N-]. The van der Waals surface area contributed by atoms with Crippen LogP contribution in [0.5, 0.6) is 0 Å². The second-order valence-corrected chi connectivity index (χ2v) is 16.3. The second-order valence-electron chi connectivity index (χ2n) is 16.3. The monoisotopic (exact) mass is 715 g/mol. The van der Waals surface area contributed by atoms with E-state index in [-0.39, 0.29) is 35.7 Å². The van der Waals surface area contributed by atoms with Crippen LogP contribution in [0.1, 0.15) is 111 Å². The maximum absolute atomic E-state index is 9.09. The average Bonchev–Trinajstić information content (AvgIpc) is 3.49. The van der Waals surface area contributed by atoms with Crippen LogP contribution in [0.2, 0.25) is 0 Å². The van der Waals surface area contributed by atoms with Gasteiger partial charge in [0.05, 0.1) is 18.3 Å². The van der Waals surface area contributed by atoms with E-state index in [2.05, 4.69) is 56.2 Å². The number of nitrogens with zero attached hydrogens (tertiary/aromatic N) is 9. The van der Waals surface area contributed by atoms with Gasteiger partial charge in [0, 0.05) is 66.2 Å². The lowest BCUT2D eigenvalue weighted by atomic mass is 9.43. The smallest absolute Gasteiger partial charge is 0.0637 e. The predicted molar refractivity (Wildman–Crippen MR) is 199 cm³/mol. The predicted octanol–water partition coefficient (Wildman–Crippen LogP) is 8.90. The zero-order valence-corrected chi connectivity index (χ0v) is 31.7. The van der Waals surface area contributed by atoms with Crippen LogP contribution in [0.4, 0.5) is 0 Å². The minimum Gasteiger partial charge on any atom is -0.396 e. The summed E-state index contributed by atoms with van der Waals surface area (Å²) in [4.78, 5) is 8.78. The molecule has 4 saturated carbocycles. The number of fused-ring (bicyclic) bond motifs is 5. The van der Waals surface area contributed by atoms with Crippen molar-refractivity contribution in [3.63, 3.8) is 0 Å². The van der Waals surface area contributed by atoms with Gasteiger partial charge in [-0.2, -0.15) is 0 Å². The van der Waals surface area contributed by atoms with Crippen molar-refractivity contribution in [3.8, 4) is 0 Å². The number of rotatable bonds is 24. The molecular weight excluding hydrogens is 648 g/mol. The third-order valence-electron chi connectivity index (χ3n) is 13.6. The van der Waals surface area contributed by atoms with Crippen molar-refractivity contribution in [1.29, 1.82) is 0 Å². The quantitative estimate of drug-likeness (QED) is 0.0433. The van der Waals surface area contributed by atoms with Crippen LogP contribution in [-0.2, 0) is 14.2 Å². The van der Waals surface area contributed by atoms with Gasteiger partial charge in [-0.3, -0.25) is 0 Å². The van der Waals surface area contributed by atoms with Crippen LogP contribution in [0, 0.1) is 46.3 Å². The van der Waals surface area contributed by atoms with Crippen LogP contribution in [0.3, 0.4) is 0 Å². The third kappa shape index (κ3) is 10.7. The molecule has 14 heteroatoms. The highest BCUT2D eigenvalue weighted by Crippen LogP contribution is 2.69. The summed E-state index contributed by atoms with van der Waals surface area (Å²) in [5, 5.41) is 23.9. The average molecular weight is 715 g/mol. The molecule has 4 rings (SSSR count). The first-order valence-electron chi connectivity index (χ1n) is 20.0. The molecule has 4 aliphatic carbocycles. The molecule has 288 valence electrons. The summed E-state index contributed by atoms with van der Waals surface area (Å²) >= 11 is 0. The van der Waals surface area contributed by atoms with Crippen LogP contribution in [0.25, 0.3) is 31.3 Å². The molecule has 0 saturated heterocycles. The van der Waals surface area contributed by atoms with Gasteiger partial charge >= 0.3 is 0 Å². The van der Waals surface area contributed by atoms with E-state index in [1.165, 1.54) is 19.3 Å². The fraction of sp³-hybridized carbons (Fsp3) is 1.00. The third-order valence-corrected chi connectivity index (χ3v) is 13.6. The van der Waals surface area contributed by atoms with E-state index < -0.39 is 0 Å². The summed E-state index contributed by atoms with van der Waals surface area (Å²) in [5.74, 6) is 3.04. The Kier molecular flexibility index (Phi) is 17.4. The van der Waals surface area contributed by atoms with E-state index in [0.717, 1.165) is 83.7 Å². The highest BCUT2D eigenvalue weighted by atomic mass is 16.5. The topological polar surface area (TPSA) is 206 Å². The van der Waals surface area contributed by atoms with Crippen LogP contribution >= 0.6 is 0 Å². The first kappa shape index (κ1) is 41.5. The molecule has 0 spiro atoms. The maximum Gasteiger partial charge on any atom is 0.0637 e. The molecule has 0 aromatic rings. The van der Waals surface area contributed by atoms with E-state index in [9.17, 15) is 0 Å². The Bertz CT molecular complexity index is 1190. The Hall–Kier alpha value is -2.27. The molecule has 4 aliphatic rings. The van der Waals surface area contributed by atoms with Gasteiger partial charge in [-0.1, -0.05) is 36.1 Å². The van der Waals surface area contributed by atoms with Crippen LogP contribution in [-0.4, -0.2) is 82.6 Å². The van der Waals surface area contributed by atoms with Crippen LogP contribution in [0.15, 0.2) is 15.3 Å². The van der Waals surface area contributed by atoms with Crippen molar-refractivity contribution in [2.45, 2.75) is 129 Å². The Labute approximate surface area is 305 Å². The lowest BCUT2D eigenvalue weighted by molar-refractivity contribution is -0.227. The van der Waals surface area contributed by atoms with Gasteiger partial charge in [0.25, 0.3) is 0 Å². The van der Waals surface area contributed by atoms with E-state index >= 15 is 0 Å². The van der Waals surface area contributed by atoms with Crippen molar-refractivity contribution < 1.29 is 19.3 Å². The van der Waals surface area contributed by atoms with Crippen molar-refractivity contribution in [2.24, 2.45) is 61.7 Å². The van der Waals surface area contributed by atoms with E-state index in [0.29, 0.717) is 75.0 Å². The number of aliphatic hydroxyl groups excluding tert-OH is 1. The number of nitrogens with one attached hydrogen (secondary N) is 1. The van der Waals surface area contributed by atoms with Gasteiger partial charge in [-0.15, -0.1) is 0 Å². The summed E-state index contributed by atoms with van der Waals surface area (Å²) in [7, 11) is 0. The summed E-state index contributed by atoms with van der Waals surface area (Å²) in [6, 6.07) is 0. The lowest BCUT2D eigenvalue weighted by Gasteiger charge is -2.65. The molecule has 51 heavy (non-hydrogen) atoms. The van der Waals surface area contributed by atoms with E-state index in [4.69, 9.17) is 35.9 Å². The fourth-order valence-corrected chi connectivity index (χ4v) is 11.1. The molecule has 14 nitrogen and oxygen atoms in total. The normalized spacial score (nSPS) is 34.6. The second kappa shape index (κ2) is 21.4. The highest BCUT2D eigenvalue weighted by Gasteiger charge is 2.66. The fourth-order valence-electron chi connectivity index (χ4n) is 11.1. The molecule has 0 heterocycles. The Morgan fingerprint density at radius 2 is 1.41 bits per heavy atom. The van der Waals surface area contributed by atoms with Crippen molar-refractivity contribution in [2.75, 3.05) is 59.2 Å². The van der Waals surface area contributed by atoms with Gasteiger partial charge in [-0.25, -0.2) is 0 Å². The number of ether oxygens (including phenoxy) is 3. The maximum atomic E-state index is 9.09. The van der Waals surface area contributed by atoms with Crippen molar-refractivity contribution in [1.82, 2.24) is 5.32 Å². The molecule has 0 radical (unpaired) electrons. The van der Waals surface area contributed by atoms with Gasteiger partial charge in [0.15, 0.2) is 0 Å². The molecule has 4 fully saturated rings. The van der Waals surface area contributed by atoms with Gasteiger partial charge in [0.1, 0.15) is 0 Å². The number of azide groups is 3. The zero-order chi connectivity index (χ0) is 36.5. The lowest BCUT2D eigenvalue weighted by Crippen LogP contribution is -2.63. The van der Waals surface area contributed by atoms with Crippen molar-refractivity contribution in [3.05, 3.63) is 31.3 Å². The molecule has 5 unspecified atom stereocenters. The van der Waals surface area contributed by atoms with Crippen LogP contribution < -0.4 is 5.32 Å². The standard InChI is InChI=1S/C37H66N10O4/c1-27(10-6-16-41-15-4-5-20-48)30-11-12-31-35-32(26-34(37(30,31)3)51-23-9-19-44-47-40)36(2)14-13-29(49-21-7-17-42-45-38)24-28(36)25-33(35)50-22-8-18-43-46-39/h27-35,41,48H,4-26H2,1-3H3/t27-,28?,29-,30?,31?,32?,33-,34+,35?,36+,37-/m1/s1. The molecule has 0 aromatic carbocycles.